The molecular formula is C19H11Cl3FN3O3. The summed E-state index contributed by atoms with van der Waals surface area (Å²) in [4.78, 5) is 0. The van der Waals surface area contributed by atoms with Crippen molar-refractivity contribution in [3.63, 3.8) is 0 Å². The normalized spacial score (nSPS) is 11.0. The third kappa shape index (κ3) is 4.17. The van der Waals surface area contributed by atoms with Crippen LogP contribution in [0.3, 0.4) is 0 Å². The van der Waals surface area contributed by atoms with Crippen LogP contribution in [0.4, 0.5) is 10.1 Å². The van der Waals surface area contributed by atoms with E-state index in [2.05, 4.69) is 10.2 Å². The first-order chi connectivity index (χ1) is 13.9. The molecule has 4 rings (SSSR count). The maximum absolute atomic E-state index is 15.1. The zero-order chi connectivity index (χ0) is 20.5. The van der Waals surface area contributed by atoms with Crippen molar-refractivity contribution in [2.24, 2.45) is 0 Å². The highest BCUT2D eigenvalue weighted by Gasteiger charge is 2.19. The number of ether oxygens (including phenoxy) is 1. The van der Waals surface area contributed by atoms with Gasteiger partial charge >= 0.3 is 0 Å². The minimum Gasteiger partial charge on any atom is -0.453 e. The minimum absolute atomic E-state index is 0.0134. The summed E-state index contributed by atoms with van der Waals surface area (Å²) in [5.41, 5.74) is 6.80. The van der Waals surface area contributed by atoms with Crippen LogP contribution in [0, 0.1) is 5.82 Å². The van der Waals surface area contributed by atoms with E-state index in [-0.39, 0.29) is 45.5 Å². The van der Waals surface area contributed by atoms with Crippen molar-refractivity contribution in [2.45, 2.75) is 6.42 Å². The van der Waals surface area contributed by atoms with Crippen LogP contribution in [-0.4, -0.2) is 10.2 Å². The van der Waals surface area contributed by atoms with Gasteiger partial charge in [0.1, 0.15) is 5.75 Å². The first-order valence-corrected chi connectivity index (χ1v) is 9.30. The van der Waals surface area contributed by atoms with E-state index in [4.69, 9.17) is 54.1 Å². The molecule has 0 amide bonds. The van der Waals surface area contributed by atoms with Crippen molar-refractivity contribution >= 4 is 40.5 Å². The topological polar surface area (TPSA) is 87.3 Å². The van der Waals surface area contributed by atoms with Crippen molar-refractivity contribution < 1.29 is 18.0 Å². The molecule has 0 aliphatic heterocycles. The lowest BCUT2D eigenvalue weighted by Crippen LogP contribution is -1.98. The molecule has 6 nitrogen and oxygen atoms in total. The Morgan fingerprint density at radius 2 is 1.90 bits per heavy atom. The zero-order valence-electron chi connectivity index (χ0n) is 14.5. The lowest BCUT2D eigenvalue weighted by molar-refractivity contribution is 0.437. The van der Waals surface area contributed by atoms with E-state index in [1.165, 1.54) is 30.5 Å². The van der Waals surface area contributed by atoms with Crippen molar-refractivity contribution in [3.05, 3.63) is 75.2 Å². The fourth-order valence-corrected chi connectivity index (χ4v) is 3.22. The Balaban J connectivity index is 1.62. The molecule has 0 fully saturated rings. The van der Waals surface area contributed by atoms with Gasteiger partial charge in [0, 0.05) is 22.3 Å². The van der Waals surface area contributed by atoms with Gasteiger partial charge in [-0.05, 0) is 35.9 Å². The lowest BCUT2D eigenvalue weighted by Gasteiger charge is -2.12. The van der Waals surface area contributed by atoms with Gasteiger partial charge in [-0.25, -0.2) is 4.39 Å². The molecule has 2 N–H and O–H groups in total. The Bertz CT molecular complexity index is 1170. The molecule has 0 spiro atoms. The van der Waals surface area contributed by atoms with E-state index in [0.717, 1.165) is 0 Å². The first-order valence-electron chi connectivity index (χ1n) is 8.17. The average Bonchev–Trinajstić information content (AvgIpc) is 3.29. The molecule has 0 unspecified atom stereocenters. The molecule has 2 heterocycles. The summed E-state index contributed by atoms with van der Waals surface area (Å²) >= 11 is 18.0. The van der Waals surface area contributed by atoms with E-state index >= 15 is 4.39 Å². The summed E-state index contributed by atoms with van der Waals surface area (Å²) < 4.78 is 31.2. The Morgan fingerprint density at radius 1 is 1.07 bits per heavy atom. The third-order valence-electron chi connectivity index (χ3n) is 3.90. The number of rotatable bonds is 5. The van der Waals surface area contributed by atoms with E-state index in [1.807, 2.05) is 0 Å². The zero-order valence-corrected chi connectivity index (χ0v) is 16.7. The van der Waals surface area contributed by atoms with Gasteiger partial charge in [-0.2, -0.15) is 0 Å². The summed E-state index contributed by atoms with van der Waals surface area (Å²) in [6.07, 6.45) is 1.41. The van der Waals surface area contributed by atoms with Crippen LogP contribution in [0.2, 0.25) is 15.3 Å². The highest BCUT2D eigenvalue weighted by Crippen LogP contribution is 2.36. The molecule has 2 aromatic heterocycles. The molecule has 0 bridgehead atoms. The number of nitrogens with zero attached hydrogens (tertiary/aromatic N) is 2. The number of nitrogen functional groups attached to an aromatic ring is 1. The van der Waals surface area contributed by atoms with Crippen LogP contribution < -0.4 is 10.5 Å². The molecule has 10 heteroatoms. The van der Waals surface area contributed by atoms with Crippen LogP contribution >= 0.6 is 34.8 Å². The first kappa shape index (κ1) is 19.6. The van der Waals surface area contributed by atoms with Crippen molar-refractivity contribution in [2.75, 3.05) is 5.73 Å². The van der Waals surface area contributed by atoms with Crippen molar-refractivity contribution in [3.8, 4) is 23.0 Å². The summed E-state index contributed by atoms with van der Waals surface area (Å²) in [6, 6.07) is 9.15. The second kappa shape index (κ2) is 7.94. The number of nitrogens with two attached hydrogens (primary N) is 1. The average molecular weight is 455 g/mol. The molecule has 0 aliphatic rings. The fourth-order valence-electron chi connectivity index (χ4n) is 2.61. The molecule has 0 radical (unpaired) electrons. The van der Waals surface area contributed by atoms with Gasteiger partial charge in [-0.15, -0.1) is 10.2 Å². The molecule has 0 aliphatic carbocycles. The predicted octanol–water partition coefficient (Wildman–Crippen LogP) is 6.39. The lowest BCUT2D eigenvalue weighted by atomic mass is 10.1. The molecule has 0 saturated heterocycles. The van der Waals surface area contributed by atoms with Gasteiger partial charge in [0.2, 0.25) is 11.1 Å². The number of benzene rings is 2. The highest BCUT2D eigenvalue weighted by atomic mass is 35.5. The molecule has 2 aromatic carbocycles. The SMILES string of the molecule is Nc1cc(Cl)cc(Oc2c(Cl)ccc(Cc3nnc(-c4ccoc4Cl)o3)c2F)c1. The van der Waals surface area contributed by atoms with Gasteiger partial charge in [0.25, 0.3) is 5.89 Å². The van der Waals surface area contributed by atoms with Crippen LogP contribution in [0.1, 0.15) is 11.5 Å². The van der Waals surface area contributed by atoms with Crippen molar-refractivity contribution in [1.82, 2.24) is 10.2 Å². The van der Waals surface area contributed by atoms with Gasteiger partial charge < -0.3 is 19.3 Å². The molecule has 29 heavy (non-hydrogen) atoms. The second-order valence-electron chi connectivity index (χ2n) is 5.96. The monoisotopic (exact) mass is 453 g/mol. The maximum atomic E-state index is 15.1. The Hall–Kier alpha value is -2.74. The second-order valence-corrected chi connectivity index (χ2v) is 7.14. The smallest absolute Gasteiger partial charge is 0.252 e. The van der Waals surface area contributed by atoms with Gasteiger partial charge in [0.05, 0.1) is 23.3 Å². The van der Waals surface area contributed by atoms with Gasteiger partial charge in [-0.3, -0.25) is 0 Å². The molecule has 148 valence electrons. The van der Waals surface area contributed by atoms with E-state index < -0.39 is 5.82 Å². The number of furan rings is 1. The number of anilines is 1. The summed E-state index contributed by atoms with van der Waals surface area (Å²) in [6.45, 7) is 0. The van der Waals surface area contributed by atoms with Crippen LogP contribution in [0.25, 0.3) is 11.5 Å². The van der Waals surface area contributed by atoms with Gasteiger partial charge in [0.15, 0.2) is 11.6 Å². The predicted molar refractivity (Wildman–Crippen MR) is 107 cm³/mol. The Kier molecular flexibility index (Phi) is 5.36. The van der Waals surface area contributed by atoms with Crippen molar-refractivity contribution in [1.29, 1.82) is 0 Å². The van der Waals surface area contributed by atoms with E-state index in [0.29, 0.717) is 16.3 Å². The number of halogens is 4. The highest BCUT2D eigenvalue weighted by molar-refractivity contribution is 6.32. The number of hydrogen-bond donors (Lipinski definition) is 1. The molecule has 4 aromatic rings. The largest absolute Gasteiger partial charge is 0.453 e. The molecule has 0 saturated carbocycles. The van der Waals surface area contributed by atoms with E-state index in [1.54, 1.807) is 12.1 Å². The maximum Gasteiger partial charge on any atom is 0.252 e. The van der Waals surface area contributed by atoms with Crippen LogP contribution in [-0.2, 0) is 6.42 Å². The molecule has 0 atom stereocenters. The summed E-state index contributed by atoms with van der Waals surface area (Å²) in [5.74, 6) is -0.237. The Labute approximate surface area is 178 Å². The number of aromatic nitrogens is 2. The summed E-state index contributed by atoms with van der Waals surface area (Å²) in [7, 11) is 0. The van der Waals surface area contributed by atoms with Gasteiger partial charge in [-0.1, -0.05) is 29.3 Å². The standard InChI is InChI=1S/C19H11Cl3FN3O3/c20-10-6-11(24)8-12(7-10)28-17-14(21)2-1-9(16(17)23)5-15-25-26-19(29-15)13-3-4-27-18(13)22/h1-4,6-8H,5,24H2. The third-order valence-corrected chi connectivity index (χ3v) is 4.71. The van der Waals surface area contributed by atoms with Crippen LogP contribution in [0.5, 0.6) is 11.5 Å². The van der Waals surface area contributed by atoms with E-state index in [9.17, 15) is 0 Å². The van der Waals surface area contributed by atoms with Crippen LogP contribution in [0.15, 0.2) is 51.5 Å². The quantitative estimate of drug-likeness (QED) is 0.351. The number of hydrogen-bond acceptors (Lipinski definition) is 6. The Morgan fingerprint density at radius 3 is 2.62 bits per heavy atom. The minimum atomic E-state index is -0.669. The summed E-state index contributed by atoms with van der Waals surface area (Å²) in [5, 5.41) is 8.38. The fraction of sp³-hybridized carbons (Fsp3) is 0.0526. The molecular weight excluding hydrogens is 444 g/mol.